The molecule has 106 valence electrons. The Morgan fingerprint density at radius 2 is 1.45 bits per heavy atom. The zero-order valence-corrected chi connectivity index (χ0v) is 12.8. The second-order valence-corrected chi connectivity index (χ2v) is 5.53. The van der Waals surface area contributed by atoms with Gasteiger partial charge in [-0.25, -0.2) is 4.39 Å². The summed E-state index contributed by atoms with van der Waals surface area (Å²) in [7, 11) is 0. The van der Waals surface area contributed by atoms with Gasteiger partial charge in [-0.2, -0.15) is 0 Å². The largest absolute Gasteiger partial charge is 0.397 e. The van der Waals surface area contributed by atoms with E-state index in [-0.39, 0.29) is 37.2 Å². The summed E-state index contributed by atoms with van der Waals surface area (Å²) in [5.74, 6) is -0.772. The van der Waals surface area contributed by atoms with Crippen molar-refractivity contribution in [2.45, 2.75) is 0 Å². The van der Waals surface area contributed by atoms with Gasteiger partial charge in [-0.05, 0) is 18.2 Å². The minimum absolute atomic E-state index is 0.0375. The van der Waals surface area contributed by atoms with Crippen LogP contribution in [0.3, 0.4) is 0 Å². The van der Waals surface area contributed by atoms with E-state index in [1.165, 1.54) is 18.2 Å². The van der Waals surface area contributed by atoms with Gasteiger partial charge in [0.25, 0.3) is 0 Å². The highest BCUT2D eigenvalue weighted by atomic mass is 35.5. The van der Waals surface area contributed by atoms with E-state index in [1.54, 1.807) is 0 Å². The number of anilines is 4. The van der Waals surface area contributed by atoms with Crippen LogP contribution in [0.4, 0.5) is 27.1 Å². The third kappa shape index (κ3) is 2.83. The molecule has 0 aliphatic carbocycles. The van der Waals surface area contributed by atoms with E-state index >= 15 is 0 Å². The molecule has 0 saturated heterocycles. The van der Waals surface area contributed by atoms with E-state index in [0.717, 1.165) is 0 Å². The topological polar surface area (TPSA) is 64.1 Å². The standard InChI is InChI=1S/C12H8Cl4FN3/c13-4-1-6(15)9(2-5(4)14)20-12-8(19)3-7(18)10(16)11(12)17/h1-3,20H,18-19H2. The molecule has 8 heteroatoms. The predicted molar refractivity (Wildman–Crippen MR) is 85.0 cm³/mol. The maximum Gasteiger partial charge on any atom is 0.169 e. The van der Waals surface area contributed by atoms with Crippen LogP contribution in [0.2, 0.25) is 20.1 Å². The molecule has 2 aromatic rings. The molecular formula is C12H8Cl4FN3. The molecule has 0 fully saturated rings. The summed E-state index contributed by atoms with van der Waals surface area (Å²) in [4.78, 5) is 0. The smallest absolute Gasteiger partial charge is 0.169 e. The maximum absolute atomic E-state index is 14.1. The van der Waals surface area contributed by atoms with Gasteiger partial charge in [0.1, 0.15) is 5.02 Å². The molecule has 20 heavy (non-hydrogen) atoms. The van der Waals surface area contributed by atoms with Crippen molar-refractivity contribution in [2.24, 2.45) is 0 Å². The van der Waals surface area contributed by atoms with Crippen molar-refractivity contribution in [3.63, 3.8) is 0 Å². The molecule has 0 heterocycles. The van der Waals surface area contributed by atoms with E-state index in [9.17, 15) is 4.39 Å². The summed E-state index contributed by atoms with van der Waals surface area (Å²) in [6.45, 7) is 0. The first-order chi connectivity index (χ1) is 9.31. The van der Waals surface area contributed by atoms with E-state index in [0.29, 0.717) is 5.69 Å². The van der Waals surface area contributed by atoms with Crippen molar-refractivity contribution in [3.8, 4) is 0 Å². The highest BCUT2D eigenvalue weighted by Gasteiger charge is 2.16. The Hall–Kier alpha value is -1.07. The lowest BCUT2D eigenvalue weighted by molar-refractivity contribution is 0.633. The molecule has 2 rings (SSSR count). The number of benzene rings is 2. The molecule has 0 radical (unpaired) electrons. The molecule has 0 saturated carbocycles. The Morgan fingerprint density at radius 3 is 2.10 bits per heavy atom. The molecule has 2 aromatic carbocycles. The zero-order chi connectivity index (χ0) is 15.0. The lowest BCUT2D eigenvalue weighted by Crippen LogP contribution is -2.03. The van der Waals surface area contributed by atoms with Gasteiger partial charge in [-0.3, -0.25) is 0 Å². The third-order valence-corrected chi connectivity index (χ3v) is 3.95. The van der Waals surface area contributed by atoms with Crippen LogP contribution in [0.15, 0.2) is 18.2 Å². The molecule has 3 nitrogen and oxygen atoms in total. The predicted octanol–water partition coefficient (Wildman–Crippen LogP) is 5.35. The summed E-state index contributed by atoms with van der Waals surface area (Å²) < 4.78 is 14.1. The molecule has 0 aromatic heterocycles. The number of nitrogens with two attached hydrogens (primary N) is 2. The third-order valence-electron chi connectivity index (χ3n) is 2.53. The Labute approximate surface area is 134 Å². The first-order valence-corrected chi connectivity index (χ1v) is 6.77. The van der Waals surface area contributed by atoms with Crippen molar-refractivity contribution in [3.05, 3.63) is 44.1 Å². The Balaban J connectivity index is 2.51. The van der Waals surface area contributed by atoms with Crippen molar-refractivity contribution in [1.29, 1.82) is 0 Å². The Bertz CT molecular complexity index is 691. The van der Waals surface area contributed by atoms with Crippen LogP contribution in [0.25, 0.3) is 0 Å². The van der Waals surface area contributed by atoms with Gasteiger partial charge in [0.05, 0.1) is 37.8 Å². The molecule has 0 spiro atoms. The second-order valence-electron chi connectivity index (χ2n) is 3.93. The average molecular weight is 355 g/mol. The van der Waals surface area contributed by atoms with Crippen LogP contribution >= 0.6 is 46.4 Å². The van der Waals surface area contributed by atoms with Gasteiger partial charge < -0.3 is 16.8 Å². The van der Waals surface area contributed by atoms with Crippen molar-refractivity contribution in [1.82, 2.24) is 0 Å². The van der Waals surface area contributed by atoms with Gasteiger partial charge in [-0.1, -0.05) is 46.4 Å². The van der Waals surface area contributed by atoms with E-state index in [4.69, 9.17) is 57.9 Å². The number of nitrogens with one attached hydrogen (secondary N) is 1. The summed E-state index contributed by atoms with van der Waals surface area (Å²) >= 11 is 23.4. The van der Waals surface area contributed by atoms with E-state index in [2.05, 4.69) is 5.32 Å². The fourth-order valence-electron chi connectivity index (χ4n) is 1.55. The van der Waals surface area contributed by atoms with Crippen LogP contribution < -0.4 is 16.8 Å². The molecule has 0 amide bonds. The van der Waals surface area contributed by atoms with Crippen LogP contribution in [-0.4, -0.2) is 0 Å². The Morgan fingerprint density at radius 1 is 0.850 bits per heavy atom. The first-order valence-electron chi connectivity index (χ1n) is 5.25. The van der Waals surface area contributed by atoms with Crippen molar-refractivity contribution in [2.75, 3.05) is 16.8 Å². The summed E-state index contributed by atoms with van der Waals surface area (Å²) in [6, 6.07) is 4.23. The molecular weight excluding hydrogens is 347 g/mol. The molecule has 0 unspecified atom stereocenters. The van der Waals surface area contributed by atoms with Gasteiger partial charge in [-0.15, -0.1) is 0 Å². The van der Waals surface area contributed by atoms with Gasteiger partial charge in [0.15, 0.2) is 5.82 Å². The molecule has 0 bridgehead atoms. The van der Waals surface area contributed by atoms with Crippen molar-refractivity contribution < 1.29 is 4.39 Å². The monoisotopic (exact) mass is 353 g/mol. The minimum atomic E-state index is -0.772. The van der Waals surface area contributed by atoms with Crippen LogP contribution in [0, 0.1) is 5.82 Å². The number of nitrogen functional groups attached to an aromatic ring is 2. The number of hydrogen-bond acceptors (Lipinski definition) is 3. The number of hydrogen-bond donors (Lipinski definition) is 3. The lowest BCUT2D eigenvalue weighted by Gasteiger charge is -2.14. The normalized spacial score (nSPS) is 10.7. The zero-order valence-electron chi connectivity index (χ0n) is 9.78. The average Bonchev–Trinajstić information content (AvgIpc) is 2.38. The fraction of sp³-hybridized carbons (Fsp3) is 0. The molecule has 5 N–H and O–H groups in total. The van der Waals surface area contributed by atoms with Crippen LogP contribution in [0.5, 0.6) is 0 Å². The quantitative estimate of drug-likeness (QED) is 0.503. The highest BCUT2D eigenvalue weighted by molar-refractivity contribution is 6.44. The fourth-order valence-corrected chi connectivity index (χ4v) is 2.29. The van der Waals surface area contributed by atoms with Gasteiger partial charge in [0.2, 0.25) is 0 Å². The molecule has 0 atom stereocenters. The Kier molecular flexibility index (Phi) is 4.39. The highest BCUT2D eigenvalue weighted by Crippen LogP contribution is 2.39. The molecule has 0 aliphatic heterocycles. The number of rotatable bonds is 2. The first kappa shape index (κ1) is 15.3. The van der Waals surface area contributed by atoms with Gasteiger partial charge >= 0.3 is 0 Å². The lowest BCUT2D eigenvalue weighted by atomic mass is 10.2. The minimum Gasteiger partial charge on any atom is -0.397 e. The SMILES string of the molecule is Nc1cc(N)c(Nc2cc(Cl)c(Cl)cc2Cl)c(F)c1Cl. The van der Waals surface area contributed by atoms with E-state index in [1.807, 2.05) is 0 Å². The second kappa shape index (κ2) is 5.74. The summed E-state index contributed by atoms with van der Waals surface area (Å²) in [5.41, 5.74) is 11.7. The van der Waals surface area contributed by atoms with Gasteiger partial charge in [0, 0.05) is 0 Å². The van der Waals surface area contributed by atoms with Crippen molar-refractivity contribution >= 4 is 69.2 Å². The summed E-state index contributed by atoms with van der Waals surface area (Å²) in [6.07, 6.45) is 0. The number of halogens is 5. The summed E-state index contributed by atoms with van der Waals surface area (Å²) in [5, 5.41) is 3.31. The van der Waals surface area contributed by atoms with E-state index < -0.39 is 5.82 Å². The maximum atomic E-state index is 14.1. The van der Waals surface area contributed by atoms with Crippen LogP contribution in [0.1, 0.15) is 0 Å². The molecule has 0 aliphatic rings. The van der Waals surface area contributed by atoms with Crippen LogP contribution in [-0.2, 0) is 0 Å².